The van der Waals surface area contributed by atoms with Gasteiger partial charge in [-0.25, -0.2) is 4.39 Å². The van der Waals surface area contributed by atoms with Crippen molar-refractivity contribution in [3.8, 4) is 0 Å². The molecule has 1 aromatic carbocycles. The minimum Gasteiger partial charge on any atom is -0.379 e. The van der Waals surface area contributed by atoms with Crippen LogP contribution in [0.3, 0.4) is 0 Å². The number of benzene rings is 1. The minimum atomic E-state index is -0.161. The number of hydrogen-bond donors (Lipinski definition) is 0. The molecule has 1 heterocycles. The summed E-state index contributed by atoms with van der Waals surface area (Å²) in [5, 5.41) is 0.681. The lowest BCUT2D eigenvalue weighted by Crippen LogP contribution is -2.32. The molecule has 2 rings (SSSR count). The summed E-state index contributed by atoms with van der Waals surface area (Å²) in [6.45, 7) is 1.46. The number of hydrogen-bond acceptors (Lipinski definition) is 2. The smallest absolute Gasteiger partial charge is 0.146 e. The zero-order valence-electron chi connectivity index (χ0n) is 9.25. The summed E-state index contributed by atoms with van der Waals surface area (Å²) in [5.74, 6) is -0.161. The Morgan fingerprint density at radius 2 is 2.38 bits per heavy atom. The number of rotatable bonds is 3. The summed E-state index contributed by atoms with van der Waals surface area (Å²) >= 11 is 3.32. The molecule has 1 fully saturated rings. The van der Waals surface area contributed by atoms with E-state index in [0.717, 1.165) is 18.6 Å². The van der Waals surface area contributed by atoms with Gasteiger partial charge in [0.2, 0.25) is 0 Å². The van der Waals surface area contributed by atoms with Crippen LogP contribution in [0.25, 0.3) is 0 Å². The molecule has 0 N–H and O–H groups in total. The van der Waals surface area contributed by atoms with E-state index in [1.165, 1.54) is 0 Å². The van der Waals surface area contributed by atoms with Crippen LogP contribution in [0.5, 0.6) is 0 Å². The van der Waals surface area contributed by atoms with Gasteiger partial charge in [-0.05, 0) is 24.1 Å². The lowest BCUT2D eigenvalue weighted by atomic mass is 10.1. The van der Waals surface area contributed by atoms with Crippen LogP contribution in [-0.2, 0) is 10.1 Å². The molecule has 0 radical (unpaired) electrons. The first-order valence-electron chi connectivity index (χ1n) is 5.37. The van der Waals surface area contributed by atoms with Crippen LogP contribution in [0.4, 0.5) is 10.1 Å². The average molecular weight is 288 g/mol. The largest absolute Gasteiger partial charge is 0.379 e. The minimum absolute atomic E-state index is 0.161. The standard InChI is InChI=1S/C12H15BrFNO/c1-15(10-4-5-16-8-10)12-3-2-9(7-13)6-11(12)14/h2-3,6,10H,4-5,7-8H2,1H3. The molecule has 88 valence electrons. The highest BCUT2D eigenvalue weighted by molar-refractivity contribution is 9.08. The van der Waals surface area contributed by atoms with Crippen molar-refractivity contribution in [3.63, 3.8) is 0 Å². The van der Waals surface area contributed by atoms with Crippen molar-refractivity contribution in [2.75, 3.05) is 25.2 Å². The van der Waals surface area contributed by atoms with E-state index in [1.807, 2.05) is 24.1 Å². The summed E-state index contributed by atoms with van der Waals surface area (Å²) in [4.78, 5) is 1.97. The molecule has 2 nitrogen and oxygen atoms in total. The number of nitrogens with zero attached hydrogens (tertiary/aromatic N) is 1. The molecule has 1 aromatic rings. The van der Waals surface area contributed by atoms with Gasteiger partial charge in [0, 0.05) is 19.0 Å². The monoisotopic (exact) mass is 287 g/mol. The summed E-state index contributed by atoms with van der Waals surface area (Å²) in [5.41, 5.74) is 1.61. The van der Waals surface area contributed by atoms with Crippen molar-refractivity contribution in [1.82, 2.24) is 0 Å². The van der Waals surface area contributed by atoms with E-state index in [9.17, 15) is 4.39 Å². The molecule has 0 aromatic heterocycles. The van der Waals surface area contributed by atoms with Gasteiger partial charge in [0.25, 0.3) is 0 Å². The summed E-state index contributed by atoms with van der Waals surface area (Å²) in [7, 11) is 1.92. The Morgan fingerprint density at radius 1 is 1.56 bits per heavy atom. The maximum absolute atomic E-state index is 13.8. The van der Waals surface area contributed by atoms with E-state index in [2.05, 4.69) is 15.9 Å². The van der Waals surface area contributed by atoms with E-state index in [0.29, 0.717) is 23.7 Å². The van der Waals surface area contributed by atoms with Crippen molar-refractivity contribution >= 4 is 21.6 Å². The predicted molar refractivity (Wildman–Crippen MR) is 66.7 cm³/mol. The quantitative estimate of drug-likeness (QED) is 0.793. The Labute approximate surface area is 104 Å². The lowest BCUT2D eigenvalue weighted by Gasteiger charge is -2.25. The van der Waals surface area contributed by atoms with E-state index >= 15 is 0 Å². The number of anilines is 1. The fourth-order valence-electron chi connectivity index (χ4n) is 1.94. The second-order valence-electron chi connectivity index (χ2n) is 4.05. The fraction of sp³-hybridized carbons (Fsp3) is 0.500. The van der Waals surface area contributed by atoms with Gasteiger partial charge in [0.15, 0.2) is 0 Å². The Morgan fingerprint density at radius 3 is 2.94 bits per heavy atom. The normalized spacial score (nSPS) is 20.1. The predicted octanol–water partition coefficient (Wildman–Crippen LogP) is 2.95. The number of halogens is 2. The van der Waals surface area contributed by atoms with Crippen molar-refractivity contribution in [3.05, 3.63) is 29.6 Å². The molecule has 4 heteroatoms. The van der Waals surface area contributed by atoms with Crippen LogP contribution in [-0.4, -0.2) is 26.3 Å². The number of ether oxygens (including phenoxy) is 1. The maximum atomic E-state index is 13.8. The Kier molecular flexibility index (Phi) is 3.82. The first kappa shape index (κ1) is 11.9. The number of alkyl halides is 1. The van der Waals surface area contributed by atoms with Gasteiger partial charge in [-0.15, -0.1) is 0 Å². The second-order valence-corrected chi connectivity index (χ2v) is 4.61. The molecule has 1 aliphatic heterocycles. The molecule has 1 unspecified atom stereocenters. The zero-order valence-corrected chi connectivity index (χ0v) is 10.8. The van der Waals surface area contributed by atoms with Crippen molar-refractivity contribution in [2.24, 2.45) is 0 Å². The van der Waals surface area contributed by atoms with Gasteiger partial charge in [0.05, 0.1) is 18.3 Å². The van der Waals surface area contributed by atoms with Gasteiger partial charge >= 0.3 is 0 Å². The van der Waals surface area contributed by atoms with E-state index in [4.69, 9.17) is 4.74 Å². The summed E-state index contributed by atoms with van der Waals surface area (Å²) in [6.07, 6.45) is 0.968. The van der Waals surface area contributed by atoms with Crippen LogP contribution in [0.1, 0.15) is 12.0 Å². The molecule has 0 spiro atoms. The van der Waals surface area contributed by atoms with Gasteiger partial charge in [-0.1, -0.05) is 22.0 Å². The molecule has 16 heavy (non-hydrogen) atoms. The van der Waals surface area contributed by atoms with Crippen LogP contribution in [0.2, 0.25) is 0 Å². The van der Waals surface area contributed by atoms with E-state index < -0.39 is 0 Å². The first-order valence-corrected chi connectivity index (χ1v) is 6.49. The average Bonchev–Trinajstić information content (AvgIpc) is 2.81. The molecule has 1 atom stereocenters. The molecular weight excluding hydrogens is 273 g/mol. The molecule has 1 aliphatic rings. The van der Waals surface area contributed by atoms with Crippen LogP contribution in [0, 0.1) is 5.82 Å². The Hall–Kier alpha value is -0.610. The van der Waals surface area contributed by atoms with Crippen molar-refractivity contribution in [2.45, 2.75) is 17.8 Å². The fourth-order valence-corrected chi connectivity index (χ4v) is 2.29. The molecule has 1 saturated heterocycles. The van der Waals surface area contributed by atoms with Crippen molar-refractivity contribution < 1.29 is 9.13 Å². The van der Waals surface area contributed by atoms with Crippen LogP contribution in [0.15, 0.2) is 18.2 Å². The Balaban J connectivity index is 2.19. The van der Waals surface area contributed by atoms with Crippen molar-refractivity contribution in [1.29, 1.82) is 0 Å². The Bertz CT molecular complexity index is 366. The zero-order chi connectivity index (χ0) is 11.5. The first-order chi connectivity index (χ1) is 7.72. The van der Waals surface area contributed by atoms with Gasteiger partial charge in [-0.2, -0.15) is 0 Å². The third kappa shape index (κ3) is 2.38. The van der Waals surface area contributed by atoms with Crippen LogP contribution >= 0.6 is 15.9 Å². The summed E-state index contributed by atoms with van der Waals surface area (Å²) < 4.78 is 19.2. The third-order valence-corrected chi connectivity index (χ3v) is 3.65. The molecule has 0 aliphatic carbocycles. The summed E-state index contributed by atoms with van der Waals surface area (Å²) in [6, 6.07) is 5.66. The lowest BCUT2D eigenvalue weighted by molar-refractivity contribution is 0.193. The second kappa shape index (κ2) is 5.15. The molecular formula is C12H15BrFNO. The highest BCUT2D eigenvalue weighted by Crippen LogP contribution is 2.24. The van der Waals surface area contributed by atoms with Gasteiger partial charge in [0.1, 0.15) is 5.82 Å². The highest BCUT2D eigenvalue weighted by Gasteiger charge is 2.22. The highest BCUT2D eigenvalue weighted by atomic mass is 79.9. The maximum Gasteiger partial charge on any atom is 0.146 e. The topological polar surface area (TPSA) is 12.5 Å². The van der Waals surface area contributed by atoms with Gasteiger partial charge in [-0.3, -0.25) is 0 Å². The molecule has 0 amide bonds. The number of likely N-dealkylation sites (N-methyl/N-ethyl adjacent to an activating group) is 1. The third-order valence-electron chi connectivity index (χ3n) is 3.00. The van der Waals surface area contributed by atoms with Crippen LogP contribution < -0.4 is 4.90 Å². The van der Waals surface area contributed by atoms with E-state index in [-0.39, 0.29) is 5.82 Å². The molecule has 0 bridgehead atoms. The van der Waals surface area contributed by atoms with Gasteiger partial charge < -0.3 is 9.64 Å². The molecule has 0 saturated carbocycles. The SMILES string of the molecule is CN(c1ccc(CBr)cc1F)C1CCOC1. The van der Waals surface area contributed by atoms with E-state index in [1.54, 1.807) is 6.07 Å².